The number of nitrogens with zero attached hydrogens (tertiary/aromatic N) is 3. The number of rotatable bonds is 7. The van der Waals surface area contributed by atoms with Gasteiger partial charge >= 0.3 is 0 Å². The van der Waals surface area contributed by atoms with Crippen molar-refractivity contribution in [1.29, 1.82) is 0 Å². The Labute approximate surface area is 241 Å². The molecule has 3 heterocycles. The molecule has 0 N–H and O–H groups in total. The molecule has 198 valence electrons. The molecule has 3 saturated heterocycles. The summed E-state index contributed by atoms with van der Waals surface area (Å²) < 4.78 is 4.03. The molecule has 3 aliphatic rings. The van der Waals surface area contributed by atoms with Crippen LogP contribution >= 0.6 is 0 Å². The van der Waals surface area contributed by atoms with Gasteiger partial charge in [-0.2, -0.15) is 0 Å². The molecular weight excluding hydrogens is 641 g/mol. The molecule has 0 aromatic heterocycles. The molecule has 32 heavy (non-hydrogen) atoms. The number of hydrogen-bond donors (Lipinski definition) is 0. The summed E-state index contributed by atoms with van der Waals surface area (Å²) in [7, 11) is 7.18. The SMILES string of the molecule is CCCC[N+]1(C)CCCC1.CCCC[N+]1(C)CCCCC1.CC[N+]1(C)CCCC1.[Br-].[Br-].[I-]. The van der Waals surface area contributed by atoms with Crippen molar-refractivity contribution in [2.75, 3.05) is 80.0 Å². The Morgan fingerprint density at radius 1 is 0.469 bits per heavy atom. The Balaban J connectivity index is -0.000000380. The zero-order chi connectivity index (χ0) is 21.6. The highest BCUT2D eigenvalue weighted by Gasteiger charge is 2.25. The summed E-state index contributed by atoms with van der Waals surface area (Å²) in [5, 5.41) is 0. The van der Waals surface area contributed by atoms with Gasteiger partial charge < -0.3 is 71.4 Å². The van der Waals surface area contributed by atoms with Crippen LogP contribution in [0.2, 0.25) is 0 Å². The van der Waals surface area contributed by atoms with E-state index in [1.54, 1.807) is 0 Å². The fourth-order valence-electron chi connectivity index (χ4n) is 5.32. The first kappa shape index (κ1) is 38.1. The van der Waals surface area contributed by atoms with Crippen molar-refractivity contribution in [3.8, 4) is 0 Å². The predicted octanol–water partition coefficient (Wildman–Crippen LogP) is -3.30. The van der Waals surface area contributed by atoms with Crippen molar-refractivity contribution >= 4 is 0 Å². The van der Waals surface area contributed by atoms with Crippen LogP contribution < -0.4 is 57.9 Å². The second kappa shape index (κ2) is 20.7. The van der Waals surface area contributed by atoms with Crippen molar-refractivity contribution in [2.24, 2.45) is 0 Å². The van der Waals surface area contributed by atoms with Gasteiger partial charge in [0.2, 0.25) is 0 Å². The van der Waals surface area contributed by atoms with Gasteiger partial charge in [0, 0.05) is 25.7 Å². The van der Waals surface area contributed by atoms with Crippen LogP contribution in [0.5, 0.6) is 0 Å². The minimum absolute atomic E-state index is 0. The molecule has 3 rings (SSSR count). The quantitative estimate of drug-likeness (QED) is 0.193. The third kappa shape index (κ3) is 16.3. The van der Waals surface area contributed by atoms with E-state index in [-0.39, 0.29) is 57.9 Å². The number of hydrogen-bond acceptors (Lipinski definition) is 0. The molecule has 0 aliphatic carbocycles. The molecule has 0 saturated carbocycles. The lowest BCUT2D eigenvalue weighted by Crippen LogP contribution is -3.00. The van der Waals surface area contributed by atoms with Crippen molar-refractivity contribution in [2.45, 2.75) is 91.4 Å². The summed E-state index contributed by atoms with van der Waals surface area (Å²) in [5.74, 6) is 0. The van der Waals surface area contributed by atoms with E-state index >= 15 is 0 Å². The van der Waals surface area contributed by atoms with Crippen LogP contribution in [0, 0.1) is 0 Å². The van der Waals surface area contributed by atoms with Gasteiger partial charge in [0.05, 0.1) is 80.0 Å². The topological polar surface area (TPSA) is 0 Å². The lowest BCUT2D eigenvalue weighted by atomic mass is 10.1. The summed E-state index contributed by atoms with van der Waals surface area (Å²) in [4.78, 5) is 0. The molecule has 3 fully saturated rings. The molecule has 0 aromatic carbocycles. The lowest BCUT2D eigenvalue weighted by molar-refractivity contribution is -0.914. The van der Waals surface area contributed by atoms with Crippen LogP contribution in [0.1, 0.15) is 91.4 Å². The first-order valence-corrected chi connectivity index (χ1v) is 13.3. The van der Waals surface area contributed by atoms with E-state index in [0.717, 1.165) is 0 Å². The normalized spacial score (nSPS) is 21.9. The fraction of sp³-hybridized carbons (Fsp3) is 1.00. The zero-order valence-corrected chi connectivity index (χ0v) is 27.9. The average molecular weight is 699 g/mol. The third-order valence-electron chi connectivity index (χ3n) is 8.05. The first-order valence-electron chi connectivity index (χ1n) is 13.3. The minimum Gasteiger partial charge on any atom is -1.00 e. The lowest BCUT2D eigenvalue weighted by Gasteiger charge is -2.37. The predicted molar refractivity (Wildman–Crippen MR) is 130 cm³/mol. The molecular formula is C26H58Br2IN3. The molecule has 0 amide bonds. The highest BCUT2D eigenvalue weighted by Crippen LogP contribution is 2.18. The van der Waals surface area contributed by atoms with E-state index in [9.17, 15) is 0 Å². The van der Waals surface area contributed by atoms with Gasteiger partial charge in [-0.1, -0.05) is 26.7 Å². The van der Waals surface area contributed by atoms with Crippen molar-refractivity contribution < 1.29 is 71.4 Å². The number of quaternary nitrogens is 3. The highest BCUT2D eigenvalue weighted by atomic mass is 127. The largest absolute Gasteiger partial charge is 1.00 e. The van der Waals surface area contributed by atoms with Crippen LogP contribution in [0.3, 0.4) is 0 Å². The fourth-order valence-corrected chi connectivity index (χ4v) is 5.32. The van der Waals surface area contributed by atoms with E-state index in [1.807, 2.05) is 0 Å². The maximum absolute atomic E-state index is 2.43. The van der Waals surface area contributed by atoms with Gasteiger partial charge in [-0.05, 0) is 39.0 Å². The van der Waals surface area contributed by atoms with Crippen LogP contribution in [0.4, 0.5) is 0 Å². The van der Waals surface area contributed by atoms with Gasteiger partial charge in [-0.25, -0.2) is 0 Å². The molecule has 0 bridgehead atoms. The second-order valence-electron chi connectivity index (χ2n) is 11.1. The molecule has 3 aliphatic heterocycles. The van der Waals surface area contributed by atoms with Crippen molar-refractivity contribution in [1.82, 2.24) is 0 Å². The van der Waals surface area contributed by atoms with E-state index in [1.165, 1.54) is 143 Å². The molecule has 0 aromatic rings. The Kier molecular flexibility index (Phi) is 24.7. The van der Waals surface area contributed by atoms with Crippen LogP contribution in [-0.2, 0) is 0 Å². The maximum Gasteiger partial charge on any atom is 0.0786 e. The van der Waals surface area contributed by atoms with Gasteiger partial charge in [-0.15, -0.1) is 0 Å². The number of likely N-dealkylation sites (tertiary alicyclic amines) is 3. The van der Waals surface area contributed by atoms with Gasteiger partial charge in [0.1, 0.15) is 0 Å². The Morgan fingerprint density at radius 3 is 1.00 bits per heavy atom. The first-order chi connectivity index (χ1) is 13.8. The smallest absolute Gasteiger partial charge is 0.0786 e. The zero-order valence-electron chi connectivity index (χ0n) is 22.6. The summed E-state index contributed by atoms with van der Waals surface area (Å²) >= 11 is 0. The standard InChI is InChI=1S/C10H22N.C9H20N.C7H16N.2BrH.HI/c1-3-4-8-11(2)9-6-5-7-10-11;1-3-4-7-10(2)8-5-6-9-10;1-3-8(2)6-4-5-7-8;;;/h3-10H2,1-2H3;3-9H2,1-2H3;3-7H2,1-2H3;3*1H/q3*+1;;;/p-3. The second-order valence-corrected chi connectivity index (χ2v) is 11.1. The van der Waals surface area contributed by atoms with E-state index in [2.05, 4.69) is 41.9 Å². The third-order valence-corrected chi connectivity index (χ3v) is 8.05. The van der Waals surface area contributed by atoms with E-state index < -0.39 is 0 Å². The summed E-state index contributed by atoms with van der Waals surface area (Å²) in [6.45, 7) is 19.5. The maximum atomic E-state index is 2.43. The van der Waals surface area contributed by atoms with Crippen LogP contribution in [0.25, 0.3) is 0 Å². The Morgan fingerprint density at radius 2 is 0.750 bits per heavy atom. The molecule has 0 radical (unpaired) electrons. The van der Waals surface area contributed by atoms with Gasteiger partial charge in [0.25, 0.3) is 0 Å². The molecule has 0 spiro atoms. The molecule has 3 nitrogen and oxygen atoms in total. The number of unbranched alkanes of at least 4 members (excludes halogenated alkanes) is 2. The minimum atomic E-state index is 0. The average Bonchev–Trinajstić information content (AvgIpc) is 3.36. The summed E-state index contributed by atoms with van der Waals surface area (Å²) in [5.41, 5.74) is 0. The highest BCUT2D eigenvalue weighted by molar-refractivity contribution is 4.52. The Hall–Kier alpha value is 1.57. The van der Waals surface area contributed by atoms with Crippen molar-refractivity contribution in [3.05, 3.63) is 0 Å². The molecule has 0 unspecified atom stereocenters. The Bertz CT molecular complexity index is 406. The monoisotopic (exact) mass is 697 g/mol. The van der Waals surface area contributed by atoms with Gasteiger partial charge in [0.15, 0.2) is 0 Å². The van der Waals surface area contributed by atoms with Crippen LogP contribution in [0.15, 0.2) is 0 Å². The van der Waals surface area contributed by atoms with Crippen LogP contribution in [-0.4, -0.2) is 93.5 Å². The summed E-state index contributed by atoms with van der Waals surface area (Å²) in [6.07, 6.45) is 15.7. The van der Waals surface area contributed by atoms with E-state index in [0.29, 0.717) is 0 Å². The molecule has 0 atom stereocenters. The van der Waals surface area contributed by atoms with Crippen molar-refractivity contribution in [3.63, 3.8) is 0 Å². The van der Waals surface area contributed by atoms with Gasteiger partial charge in [-0.3, -0.25) is 0 Å². The number of piperidine rings is 1. The summed E-state index contributed by atoms with van der Waals surface area (Å²) in [6, 6.07) is 0. The van der Waals surface area contributed by atoms with E-state index in [4.69, 9.17) is 0 Å². The number of halogens is 3. The molecule has 6 heteroatoms.